The van der Waals surface area contributed by atoms with E-state index < -0.39 is 17.5 Å². The third-order valence-electron chi connectivity index (χ3n) is 3.85. The normalized spacial score (nSPS) is 21.0. The number of amides is 3. The number of unbranched alkanes of at least 4 members (excludes halogenated alkanes) is 1. The van der Waals surface area contributed by atoms with Crippen molar-refractivity contribution in [3.05, 3.63) is 35.9 Å². The topological polar surface area (TPSA) is 101 Å². The zero-order chi connectivity index (χ0) is 16.4. The van der Waals surface area contributed by atoms with E-state index in [0.29, 0.717) is 18.0 Å². The zero-order valence-corrected chi connectivity index (χ0v) is 13.0. The van der Waals surface area contributed by atoms with Crippen molar-refractivity contribution in [2.45, 2.75) is 45.2 Å². The van der Waals surface area contributed by atoms with Gasteiger partial charge < -0.3 is 14.3 Å². The van der Waals surface area contributed by atoms with Crippen LogP contribution in [-0.2, 0) is 23.3 Å². The highest BCUT2D eigenvalue weighted by atomic mass is 16.5. The number of aromatic nitrogens is 2. The molecule has 2 aromatic rings. The Kier molecular flexibility index (Phi) is 3.89. The lowest BCUT2D eigenvalue weighted by Crippen LogP contribution is -2.40. The number of hydrogen-bond donors (Lipinski definition) is 1. The molecule has 1 saturated heterocycles. The van der Waals surface area contributed by atoms with E-state index in [2.05, 4.69) is 22.4 Å². The van der Waals surface area contributed by atoms with Crippen LogP contribution in [0.1, 0.15) is 44.2 Å². The van der Waals surface area contributed by atoms with Gasteiger partial charge in [0.25, 0.3) is 5.91 Å². The highest BCUT2D eigenvalue weighted by molar-refractivity contribution is 6.06. The SMILES string of the molecule is CCCCc1noc(CN2C(=O)NC(C)(c3ccco3)C2=O)n1. The van der Waals surface area contributed by atoms with Crippen LogP contribution >= 0.6 is 0 Å². The van der Waals surface area contributed by atoms with Crippen LogP contribution < -0.4 is 5.32 Å². The Morgan fingerprint density at radius 1 is 1.39 bits per heavy atom. The predicted molar refractivity (Wildman–Crippen MR) is 78.1 cm³/mol. The van der Waals surface area contributed by atoms with E-state index in [4.69, 9.17) is 8.94 Å². The summed E-state index contributed by atoms with van der Waals surface area (Å²) in [5, 5.41) is 6.51. The lowest BCUT2D eigenvalue weighted by atomic mass is 9.99. The van der Waals surface area contributed by atoms with Crippen LogP contribution in [0.4, 0.5) is 4.79 Å². The number of furan rings is 1. The molecule has 8 nitrogen and oxygen atoms in total. The largest absolute Gasteiger partial charge is 0.466 e. The molecule has 0 bridgehead atoms. The summed E-state index contributed by atoms with van der Waals surface area (Å²) in [7, 11) is 0. The number of carbonyl (C=O) groups is 2. The monoisotopic (exact) mass is 318 g/mol. The maximum Gasteiger partial charge on any atom is 0.325 e. The van der Waals surface area contributed by atoms with Crippen molar-refractivity contribution < 1.29 is 18.5 Å². The van der Waals surface area contributed by atoms with Gasteiger partial charge in [-0.2, -0.15) is 4.98 Å². The van der Waals surface area contributed by atoms with Gasteiger partial charge in [-0.05, 0) is 25.5 Å². The van der Waals surface area contributed by atoms with Gasteiger partial charge in [0.15, 0.2) is 11.4 Å². The zero-order valence-electron chi connectivity index (χ0n) is 13.0. The van der Waals surface area contributed by atoms with Crippen molar-refractivity contribution in [1.82, 2.24) is 20.4 Å². The number of rotatable bonds is 6. The molecule has 1 aliphatic heterocycles. The maximum atomic E-state index is 12.6. The smallest absolute Gasteiger partial charge is 0.325 e. The van der Waals surface area contributed by atoms with E-state index >= 15 is 0 Å². The summed E-state index contributed by atoms with van der Waals surface area (Å²) in [6.45, 7) is 3.62. The molecule has 0 spiro atoms. The summed E-state index contributed by atoms with van der Waals surface area (Å²) in [6.07, 6.45) is 4.15. The van der Waals surface area contributed by atoms with Gasteiger partial charge in [0, 0.05) is 6.42 Å². The fourth-order valence-electron chi connectivity index (χ4n) is 2.50. The van der Waals surface area contributed by atoms with Crippen molar-refractivity contribution in [3.63, 3.8) is 0 Å². The average Bonchev–Trinajstić information content (AvgIpc) is 3.24. The molecular formula is C15H18N4O4. The van der Waals surface area contributed by atoms with Crippen molar-refractivity contribution in [2.75, 3.05) is 0 Å². The van der Waals surface area contributed by atoms with E-state index in [0.717, 1.165) is 17.7 Å². The minimum absolute atomic E-state index is 0.0555. The highest BCUT2D eigenvalue weighted by Crippen LogP contribution is 2.29. The van der Waals surface area contributed by atoms with Crippen LogP contribution in [0.25, 0.3) is 0 Å². The van der Waals surface area contributed by atoms with E-state index in [1.807, 2.05) is 0 Å². The van der Waals surface area contributed by atoms with Gasteiger partial charge in [-0.25, -0.2) is 4.79 Å². The molecule has 0 radical (unpaired) electrons. The Balaban J connectivity index is 1.75. The van der Waals surface area contributed by atoms with Crippen molar-refractivity contribution in [2.24, 2.45) is 0 Å². The first kappa shape index (κ1) is 15.3. The fourth-order valence-corrected chi connectivity index (χ4v) is 2.50. The molecule has 1 N–H and O–H groups in total. The summed E-state index contributed by atoms with van der Waals surface area (Å²) < 4.78 is 10.4. The molecule has 3 rings (SSSR count). The molecule has 2 aromatic heterocycles. The molecule has 1 unspecified atom stereocenters. The van der Waals surface area contributed by atoms with Crippen LogP contribution in [0, 0.1) is 0 Å². The number of carbonyl (C=O) groups excluding carboxylic acids is 2. The predicted octanol–water partition coefficient (Wildman–Crippen LogP) is 1.97. The van der Waals surface area contributed by atoms with Crippen LogP contribution in [0.5, 0.6) is 0 Å². The Morgan fingerprint density at radius 2 is 2.22 bits per heavy atom. The molecule has 122 valence electrons. The van der Waals surface area contributed by atoms with Gasteiger partial charge in [-0.15, -0.1) is 0 Å². The van der Waals surface area contributed by atoms with E-state index in [-0.39, 0.29) is 12.4 Å². The minimum atomic E-state index is -1.22. The summed E-state index contributed by atoms with van der Waals surface area (Å²) in [5.74, 6) is 0.796. The van der Waals surface area contributed by atoms with Crippen LogP contribution in [0.15, 0.2) is 27.3 Å². The molecule has 0 aromatic carbocycles. The van der Waals surface area contributed by atoms with Gasteiger partial charge in [0.1, 0.15) is 12.3 Å². The third kappa shape index (κ3) is 2.71. The lowest BCUT2D eigenvalue weighted by Gasteiger charge is -2.18. The van der Waals surface area contributed by atoms with E-state index in [9.17, 15) is 9.59 Å². The molecule has 0 aliphatic carbocycles. The molecule has 23 heavy (non-hydrogen) atoms. The van der Waals surface area contributed by atoms with E-state index in [1.165, 1.54) is 6.26 Å². The fraction of sp³-hybridized carbons (Fsp3) is 0.467. The van der Waals surface area contributed by atoms with Gasteiger partial charge in [-0.3, -0.25) is 9.69 Å². The van der Waals surface area contributed by atoms with Gasteiger partial charge in [0.2, 0.25) is 5.89 Å². The second-order valence-corrected chi connectivity index (χ2v) is 5.63. The van der Waals surface area contributed by atoms with Crippen LogP contribution in [0.3, 0.4) is 0 Å². The maximum absolute atomic E-state index is 12.6. The first-order valence-corrected chi connectivity index (χ1v) is 7.54. The Labute approximate surface area is 132 Å². The summed E-state index contributed by atoms with van der Waals surface area (Å²) >= 11 is 0. The number of hydrogen-bond acceptors (Lipinski definition) is 6. The Morgan fingerprint density at radius 3 is 2.91 bits per heavy atom. The summed E-state index contributed by atoms with van der Waals surface area (Å²) in [6, 6.07) is 2.81. The van der Waals surface area contributed by atoms with Crippen LogP contribution in [0.2, 0.25) is 0 Å². The average molecular weight is 318 g/mol. The van der Waals surface area contributed by atoms with Gasteiger partial charge in [-0.1, -0.05) is 18.5 Å². The van der Waals surface area contributed by atoms with Crippen molar-refractivity contribution in [1.29, 1.82) is 0 Å². The highest BCUT2D eigenvalue weighted by Gasteiger charge is 2.51. The Hall–Kier alpha value is -2.64. The second kappa shape index (κ2) is 5.86. The van der Waals surface area contributed by atoms with Crippen molar-refractivity contribution in [3.8, 4) is 0 Å². The molecule has 1 aliphatic rings. The third-order valence-corrected chi connectivity index (χ3v) is 3.85. The molecule has 3 heterocycles. The number of nitrogens with zero attached hydrogens (tertiary/aromatic N) is 3. The molecule has 3 amide bonds. The first-order valence-electron chi connectivity index (χ1n) is 7.54. The number of nitrogens with one attached hydrogen (secondary N) is 1. The molecule has 0 saturated carbocycles. The Bertz CT molecular complexity index is 709. The number of aryl methyl sites for hydroxylation is 1. The molecule has 1 atom stereocenters. The quantitative estimate of drug-likeness (QED) is 0.817. The molecule has 8 heteroatoms. The summed E-state index contributed by atoms with van der Waals surface area (Å²) in [4.78, 5) is 30.0. The first-order chi connectivity index (χ1) is 11.0. The summed E-state index contributed by atoms with van der Waals surface area (Å²) in [5.41, 5.74) is -1.22. The minimum Gasteiger partial charge on any atom is -0.466 e. The van der Waals surface area contributed by atoms with Crippen molar-refractivity contribution >= 4 is 11.9 Å². The van der Waals surface area contributed by atoms with Gasteiger partial charge in [0.05, 0.1) is 6.26 Å². The number of imide groups is 1. The van der Waals surface area contributed by atoms with Crippen LogP contribution in [-0.4, -0.2) is 27.0 Å². The molecule has 1 fully saturated rings. The standard InChI is InChI=1S/C15H18N4O4/c1-3-4-7-11-16-12(23-18-11)9-19-13(20)15(2,17-14(19)21)10-6-5-8-22-10/h5-6,8H,3-4,7,9H2,1-2H3,(H,17,21). The van der Waals surface area contributed by atoms with E-state index in [1.54, 1.807) is 19.1 Å². The second-order valence-electron chi connectivity index (χ2n) is 5.63. The number of urea groups is 1. The van der Waals surface area contributed by atoms with Gasteiger partial charge >= 0.3 is 6.03 Å². The lowest BCUT2D eigenvalue weighted by molar-refractivity contribution is -0.132. The molecular weight excluding hydrogens is 300 g/mol.